The molecule has 0 saturated carbocycles. The van der Waals surface area contributed by atoms with Gasteiger partial charge in [0.2, 0.25) is 5.89 Å². The largest absolute Gasteiger partial charge is 0.408 e. The van der Waals surface area contributed by atoms with Crippen LogP contribution in [0.25, 0.3) is 0 Å². The first-order chi connectivity index (χ1) is 11.4. The normalized spacial score (nSPS) is 17.1. The fourth-order valence-electron chi connectivity index (χ4n) is 2.76. The minimum Gasteiger partial charge on any atom is -0.408 e. The predicted molar refractivity (Wildman–Crippen MR) is 86.2 cm³/mol. The maximum atomic E-state index is 5.61. The van der Waals surface area contributed by atoms with Crippen LogP contribution in [0.5, 0.6) is 0 Å². The van der Waals surface area contributed by atoms with Gasteiger partial charge in [0.15, 0.2) is 0 Å². The van der Waals surface area contributed by atoms with E-state index in [1.54, 1.807) is 0 Å². The lowest BCUT2D eigenvalue weighted by Gasteiger charge is -2.34. The Hall–Kier alpha value is -1.99. The fraction of sp³-hybridized carbons (Fsp3) is 0.562. The molecule has 1 saturated heterocycles. The van der Waals surface area contributed by atoms with Crippen molar-refractivity contribution >= 4 is 6.01 Å². The molecule has 23 heavy (non-hydrogen) atoms. The number of aryl methyl sites for hydroxylation is 1. The number of aromatic nitrogens is 3. The van der Waals surface area contributed by atoms with Crippen LogP contribution < -0.4 is 5.32 Å². The molecule has 0 aromatic carbocycles. The molecular formula is C16H23N5O2. The standard InChI is InChI=1S/C16H23N5O2/c1-2-3-15-19-20-16(23-15)18-12-14(13-4-6-17-7-5-13)21-8-10-22-11-9-21/h4-7,14H,2-3,8-12H2,1H3,(H,18,20). The monoisotopic (exact) mass is 317 g/mol. The summed E-state index contributed by atoms with van der Waals surface area (Å²) in [7, 11) is 0. The van der Waals surface area contributed by atoms with Crippen molar-refractivity contribution in [2.24, 2.45) is 0 Å². The first kappa shape index (κ1) is 15.9. The number of hydrogen-bond acceptors (Lipinski definition) is 7. The summed E-state index contributed by atoms with van der Waals surface area (Å²) in [6.45, 7) is 6.16. The van der Waals surface area contributed by atoms with Crippen molar-refractivity contribution in [2.45, 2.75) is 25.8 Å². The average molecular weight is 317 g/mol. The highest BCUT2D eigenvalue weighted by molar-refractivity contribution is 5.22. The first-order valence-electron chi connectivity index (χ1n) is 8.15. The molecule has 1 fully saturated rings. The van der Waals surface area contributed by atoms with Crippen LogP contribution in [0.3, 0.4) is 0 Å². The summed E-state index contributed by atoms with van der Waals surface area (Å²) in [4.78, 5) is 6.52. The van der Waals surface area contributed by atoms with E-state index in [0.717, 1.165) is 39.1 Å². The summed E-state index contributed by atoms with van der Waals surface area (Å²) in [5.74, 6) is 0.682. The molecule has 0 amide bonds. The second-order valence-corrected chi connectivity index (χ2v) is 5.58. The lowest BCUT2D eigenvalue weighted by atomic mass is 10.1. The van der Waals surface area contributed by atoms with Crippen LogP contribution in [0.2, 0.25) is 0 Å². The summed E-state index contributed by atoms with van der Waals surface area (Å²) in [6, 6.07) is 4.82. The van der Waals surface area contributed by atoms with E-state index in [0.29, 0.717) is 18.5 Å². The van der Waals surface area contributed by atoms with E-state index < -0.39 is 0 Å². The van der Waals surface area contributed by atoms with Gasteiger partial charge in [-0.1, -0.05) is 12.0 Å². The van der Waals surface area contributed by atoms with E-state index >= 15 is 0 Å². The summed E-state index contributed by atoms with van der Waals surface area (Å²) >= 11 is 0. The molecule has 3 heterocycles. The van der Waals surface area contributed by atoms with Crippen LogP contribution in [-0.2, 0) is 11.2 Å². The molecule has 0 bridgehead atoms. The molecule has 1 N–H and O–H groups in total. The van der Waals surface area contributed by atoms with Crippen LogP contribution in [0.1, 0.15) is 30.8 Å². The Labute approximate surface area is 136 Å². The van der Waals surface area contributed by atoms with Gasteiger partial charge in [-0.15, -0.1) is 5.10 Å². The molecule has 1 atom stereocenters. The molecule has 1 unspecified atom stereocenters. The molecule has 7 heteroatoms. The second kappa shape index (κ2) is 8.03. The number of morpholine rings is 1. The van der Waals surface area contributed by atoms with E-state index in [-0.39, 0.29) is 6.04 Å². The number of nitrogens with one attached hydrogen (secondary N) is 1. The molecule has 1 aliphatic heterocycles. The molecule has 0 spiro atoms. The predicted octanol–water partition coefficient (Wildman–Crippen LogP) is 1.90. The smallest absolute Gasteiger partial charge is 0.315 e. The highest BCUT2D eigenvalue weighted by atomic mass is 16.5. The van der Waals surface area contributed by atoms with Crippen molar-refractivity contribution in [3.63, 3.8) is 0 Å². The third-order valence-electron chi connectivity index (χ3n) is 3.95. The molecular weight excluding hydrogens is 294 g/mol. The van der Waals surface area contributed by atoms with Crippen molar-refractivity contribution in [3.05, 3.63) is 36.0 Å². The quantitative estimate of drug-likeness (QED) is 0.835. The van der Waals surface area contributed by atoms with E-state index in [2.05, 4.69) is 44.5 Å². The van der Waals surface area contributed by atoms with Gasteiger partial charge in [0.05, 0.1) is 19.3 Å². The van der Waals surface area contributed by atoms with Crippen molar-refractivity contribution in [1.82, 2.24) is 20.1 Å². The van der Waals surface area contributed by atoms with Crippen LogP contribution in [0.15, 0.2) is 28.9 Å². The van der Waals surface area contributed by atoms with E-state index in [1.807, 2.05) is 12.4 Å². The Morgan fingerprint density at radius 3 is 2.74 bits per heavy atom. The second-order valence-electron chi connectivity index (χ2n) is 5.58. The number of hydrogen-bond donors (Lipinski definition) is 1. The highest BCUT2D eigenvalue weighted by Gasteiger charge is 2.23. The van der Waals surface area contributed by atoms with Crippen LogP contribution in [0.4, 0.5) is 6.01 Å². The summed E-state index contributed by atoms with van der Waals surface area (Å²) in [5, 5.41) is 11.4. The van der Waals surface area contributed by atoms with Crippen LogP contribution in [-0.4, -0.2) is 52.9 Å². The zero-order valence-electron chi connectivity index (χ0n) is 13.4. The Balaban J connectivity index is 1.67. The van der Waals surface area contributed by atoms with Gasteiger partial charge in [-0.05, 0) is 24.1 Å². The van der Waals surface area contributed by atoms with Crippen molar-refractivity contribution in [1.29, 1.82) is 0 Å². The molecule has 124 valence electrons. The van der Waals surface area contributed by atoms with E-state index in [4.69, 9.17) is 9.15 Å². The Kier molecular flexibility index (Phi) is 5.55. The minimum absolute atomic E-state index is 0.225. The van der Waals surface area contributed by atoms with Gasteiger partial charge in [-0.25, -0.2) is 0 Å². The maximum Gasteiger partial charge on any atom is 0.315 e. The lowest BCUT2D eigenvalue weighted by Crippen LogP contribution is -2.41. The molecule has 7 nitrogen and oxygen atoms in total. The van der Waals surface area contributed by atoms with Crippen molar-refractivity contribution in [2.75, 3.05) is 38.2 Å². The Bertz CT molecular complexity index is 583. The number of pyridine rings is 1. The topological polar surface area (TPSA) is 76.3 Å². The Morgan fingerprint density at radius 1 is 1.22 bits per heavy atom. The molecule has 0 radical (unpaired) electrons. The first-order valence-corrected chi connectivity index (χ1v) is 8.15. The van der Waals surface area contributed by atoms with Gasteiger partial charge in [0, 0.05) is 38.4 Å². The SMILES string of the molecule is CCCc1nnc(NCC(c2ccncc2)N2CCOCC2)o1. The van der Waals surface area contributed by atoms with Crippen LogP contribution in [0, 0.1) is 0 Å². The van der Waals surface area contributed by atoms with E-state index in [1.165, 1.54) is 5.56 Å². The van der Waals surface area contributed by atoms with E-state index in [9.17, 15) is 0 Å². The van der Waals surface area contributed by atoms with Gasteiger partial charge in [-0.2, -0.15) is 0 Å². The molecule has 2 aromatic rings. The third-order valence-corrected chi connectivity index (χ3v) is 3.95. The van der Waals surface area contributed by atoms with Gasteiger partial charge in [-0.3, -0.25) is 9.88 Å². The maximum absolute atomic E-state index is 5.61. The highest BCUT2D eigenvalue weighted by Crippen LogP contribution is 2.22. The third kappa shape index (κ3) is 4.27. The number of nitrogens with zero attached hydrogens (tertiary/aromatic N) is 4. The number of rotatable bonds is 7. The summed E-state index contributed by atoms with van der Waals surface area (Å²) in [5.41, 5.74) is 1.22. The molecule has 0 aliphatic carbocycles. The summed E-state index contributed by atoms with van der Waals surface area (Å²) < 4.78 is 11.1. The summed E-state index contributed by atoms with van der Waals surface area (Å²) in [6.07, 6.45) is 5.46. The van der Waals surface area contributed by atoms with Gasteiger partial charge < -0.3 is 14.5 Å². The molecule has 1 aliphatic rings. The van der Waals surface area contributed by atoms with Crippen molar-refractivity contribution in [3.8, 4) is 0 Å². The zero-order valence-corrected chi connectivity index (χ0v) is 13.4. The lowest BCUT2D eigenvalue weighted by molar-refractivity contribution is 0.0186. The van der Waals surface area contributed by atoms with Crippen LogP contribution >= 0.6 is 0 Å². The van der Waals surface area contributed by atoms with Gasteiger partial charge >= 0.3 is 6.01 Å². The Morgan fingerprint density at radius 2 is 2.00 bits per heavy atom. The number of anilines is 1. The van der Waals surface area contributed by atoms with Gasteiger partial charge in [0.25, 0.3) is 0 Å². The number of ether oxygens (including phenoxy) is 1. The van der Waals surface area contributed by atoms with Crippen molar-refractivity contribution < 1.29 is 9.15 Å². The average Bonchev–Trinajstić information content (AvgIpc) is 3.05. The molecule has 2 aromatic heterocycles. The fourth-order valence-corrected chi connectivity index (χ4v) is 2.76. The molecule has 3 rings (SSSR count). The minimum atomic E-state index is 0.225. The zero-order chi connectivity index (χ0) is 15.9. The van der Waals surface area contributed by atoms with Gasteiger partial charge in [0.1, 0.15) is 0 Å².